The summed E-state index contributed by atoms with van der Waals surface area (Å²) in [4.78, 5) is 2.39. The minimum absolute atomic E-state index is 1.03. The SMILES string of the molecule is Cc1ccc(N2CCNCC2)c2occc12. The lowest BCUT2D eigenvalue weighted by Gasteiger charge is -2.29. The van der Waals surface area contributed by atoms with Gasteiger partial charge in [-0.2, -0.15) is 0 Å². The molecule has 1 aliphatic heterocycles. The zero-order chi connectivity index (χ0) is 11.0. The number of anilines is 1. The van der Waals surface area contributed by atoms with Crippen molar-refractivity contribution in [2.75, 3.05) is 31.1 Å². The third-order valence-corrected chi connectivity index (χ3v) is 3.27. The zero-order valence-corrected chi connectivity index (χ0v) is 9.49. The highest BCUT2D eigenvalue weighted by atomic mass is 16.3. The second-order valence-corrected chi connectivity index (χ2v) is 4.30. The maximum absolute atomic E-state index is 5.62. The second kappa shape index (κ2) is 3.83. The molecular weight excluding hydrogens is 200 g/mol. The predicted octanol–water partition coefficient (Wildman–Crippen LogP) is 2.15. The van der Waals surface area contributed by atoms with Crippen LogP contribution in [0.15, 0.2) is 28.9 Å². The number of aryl methyl sites for hydroxylation is 1. The summed E-state index contributed by atoms with van der Waals surface area (Å²) in [6, 6.07) is 6.40. The van der Waals surface area contributed by atoms with Gasteiger partial charge in [-0.15, -0.1) is 0 Å². The van der Waals surface area contributed by atoms with Gasteiger partial charge in [0.25, 0.3) is 0 Å². The van der Waals surface area contributed by atoms with E-state index in [1.165, 1.54) is 16.6 Å². The summed E-state index contributed by atoms with van der Waals surface area (Å²) in [7, 11) is 0. The first-order chi connectivity index (χ1) is 7.86. The number of hydrogen-bond acceptors (Lipinski definition) is 3. The fourth-order valence-corrected chi connectivity index (χ4v) is 2.34. The maximum atomic E-state index is 5.62. The van der Waals surface area contributed by atoms with Crippen LogP contribution >= 0.6 is 0 Å². The van der Waals surface area contributed by atoms with Crippen molar-refractivity contribution in [3.05, 3.63) is 30.0 Å². The quantitative estimate of drug-likeness (QED) is 0.791. The predicted molar refractivity (Wildman–Crippen MR) is 66.0 cm³/mol. The lowest BCUT2D eigenvalue weighted by atomic mass is 10.1. The number of benzene rings is 1. The lowest BCUT2D eigenvalue weighted by molar-refractivity contribution is 0.579. The van der Waals surface area contributed by atoms with Gasteiger partial charge in [0, 0.05) is 31.6 Å². The summed E-state index contributed by atoms with van der Waals surface area (Å²) in [5.74, 6) is 0. The molecule has 3 nitrogen and oxygen atoms in total. The van der Waals surface area contributed by atoms with Crippen LogP contribution in [0.1, 0.15) is 5.56 Å². The highest BCUT2D eigenvalue weighted by Gasteiger charge is 2.15. The van der Waals surface area contributed by atoms with Crippen LogP contribution in [0.25, 0.3) is 11.0 Å². The van der Waals surface area contributed by atoms with E-state index in [0.717, 1.165) is 31.8 Å². The van der Waals surface area contributed by atoms with Crippen LogP contribution in [0.4, 0.5) is 5.69 Å². The monoisotopic (exact) mass is 216 g/mol. The first-order valence-electron chi connectivity index (χ1n) is 5.79. The van der Waals surface area contributed by atoms with Gasteiger partial charge in [0.15, 0.2) is 5.58 Å². The van der Waals surface area contributed by atoms with Crippen LogP contribution in [-0.4, -0.2) is 26.2 Å². The van der Waals surface area contributed by atoms with E-state index in [2.05, 4.69) is 35.3 Å². The average molecular weight is 216 g/mol. The fraction of sp³-hybridized carbons (Fsp3) is 0.385. The molecule has 1 N–H and O–H groups in total. The van der Waals surface area contributed by atoms with Crippen molar-refractivity contribution in [3.63, 3.8) is 0 Å². The molecule has 2 heterocycles. The smallest absolute Gasteiger partial charge is 0.157 e. The minimum atomic E-state index is 1.03. The van der Waals surface area contributed by atoms with Gasteiger partial charge in [-0.3, -0.25) is 0 Å². The Morgan fingerprint density at radius 1 is 1.19 bits per heavy atom. The van der Waals surface area contributed by atoms with Crippen molar-refractivity contribution in [3.8, 4) is 0 Å². The number of nitrogens with zero attached hydrogens (tertiary/aromatic N) is 1. The Morgan fingerprint density at radius 2 is 2.00 bits per heavy atom. The summed E-state index contributed by atoms with van der Waals surface area (Å²) in [6.07, 6.45) is 1.78. The van der Waals surface area contributed by atoms with Crippen molar-refractivity contribution >= 4 is 16.7 Å². The van der Waals surface area contributed by atoms with Crippen LogP contribution in [-0.2, 0) is 0 Å². The summed E-state index contributed by atoms with van der Waals surface area (Å²) in [5.41, 5.74) is 3.54. The first-order valence-corrected chi connectivity index (χ1v) is 5.79. The number of piperazine rings is 1. The van der Waals surface area contributed by atoms with Crippen molar-refractivity contribution in [2.45, 2.75) is 6.92 Å². The fourth-order valence-electron chi connectivity index (χ4n) is 2.34. The second-order valence-electron chi connectivity index (χ2n) is 4.30. The van der Waals surface area contributed by atoms with Crippen LogP contribution in [0, 0.1) is 6.92 Å². The Labute approximate surface area is 95.0 Å². The molecule has 1 fully saturated rings. The number of nitrogens with one attached hydrogen (secondary N) is 1. The van der Waals surface area contributed by atoms with Crippen molar-refractivity contribution in [1.29, 1.82) is 0 Å². The van der Waals surface area contributed by atoms with Gasteiger partial charge in [-0.25, -0.2) is 0 Å². The van der Waals surface area contributed by atoms with Crippen LogP contribution < -0.4 is 10.2 Å². The van der Waals surface area contributed by atoms with E-state index < -0.39 is 0 Å². The molecule has 1 aromatic carbocycles. The Hall–Kier alpha value is -1.48. The van der Waals surface area contributed by atoms with Gasteiger partial charge in [0.05, 0.1) is 12.0 Å². The van der Waals surface area contributed by atoms with E-state index in [1.54, 1.807) is 6.26 Å². The third kappa shape index (κ3) is 1.48. The highest BCUT2D eigenvalue weighted by Crippen LogP contribution is 2.30. The first kappa shape index (κ1) is 9.73. The summed E-state index contributed by atoms with van der Waals surface area (Å²) >= 11 is 0. The zero-order valence-electron chi connectivity index (χ0n) is 9.49. The van der Waals surface area contributed by atoms with E-state index in [-0.39, 0.29) is 0 Å². The van der Waals surface area contributed by atoms with Gasteiger partial charge >= 0.3 is 0 Å². The van der Waals surface area contributed by atoms with Gasteiger partial charge in [0.2, 0.25) is 0 Å². The van der Waals surface area contributed by atoms with E-state index >= 15 is 0 Å². The summed E-state index contributed by atoms with van der Waals surface area (Å²) in [6.45, 7) is 6.34. The number of furan rings is 1. The molecule has 1 aromatic heterocycles. The maximum Gasteiger partial charge on any atom is 0.157 e. The Morgan fingerprint density at radius 3 is 2.81 bits per heavy atom. The summed E-state index contributed by atoms with van der Waals surface area (Å²) in [5, 5.41) is 4.60. The third-order valence-electron chi connectivity index (χ3n) is 3.27. The molecule has 0 unspecified atom stereocenters. The van der Waals surface area contributed by atoms with Crippen molar-refractivity contribution in [1.82, 2.24) is 5.32 Å². The molecule has 16 heavy (non-hydrogen) atoms. The molecule has 0 radical (unpaired) electrons. The number of hydrogen-bond donors (Lipinski definition) is 1. The standard InChI is InChI=1S/C13H16N2O/c1-10-2-3-12(13-11(10)4-9-16-13)15-7-5-14-6-8-15/h2-4,9,14H,5-8H2,1H3. The molecule has 0 atom stereocenters. The van der Waals surface area contributed by atoms with Crippen molar-refractivity contribution in [2.24, 2.45) is 0 Å². The van der Waals surface area contributed by atoms with Gasteiger partial charge < -0.3 is 14.6 Å². The molecule has 0 saturated carbocycles. The molecule has 0 aliphatic carbocycles. The molecule has 0 spiro atoms. The summed E-state index contributed by atoms with van der Waals surface area (Å²) < 4.78 is 5.62. The van der Waals surface area contributed by atoms with Crippen LogP contribution in [0.3, 0.4) is 0 Å². The van der Waals surface area contributed by atoms with Gasteiger partial charge in [-0.1, -0.05) is 6.07 Å². The van der Waals surface area contributed by atoms with Crippen LogP contribution in [0.5, 0.6) is 0 Å². The minimum Gasteiger partial charge on any atom is -0.462 e. The number of rotatable bonds is 1. The average Bonchev–Trinajstić information content (AvgIpc) is 2.81. The molecule has 1 saturated heterocycles. The van der Waals surface area contributed by atoms with E-state index in [0.29, 0.717) is 0 Å². The molecule has 0 bridgehead atoms. The number of fused-ring (bicyclic) bond motifs is 1. The molecule has 2 aromatic rings. The Balaban J connectivity index is 2.08. The van der Waals surface area contributed by atoms with Gasteiger partial charge in [0.1, 0.15) is 0 Å². The molecule has 1 aliphatic rings. The molecule has 0 amide bonds. The molecule has 3 heteroatoms. The van der Waals surface area contributed by atoms with E-state index in [9.17, 15) is 0 Å². The highest BCUT2D eigenvalue weighted by molar-refractivity contribution is 5.91. The Kier molecular flexibility index (Phi) is 2.33. The van der Waals surface area contributed by atoms with Crippen molar-refractivity contribution < 1.29 is 4.42 Å². The van der Waals surface area contributed by atoms with E-state index in [1.807, 2.05) is 0 Å². The normalized spacial score (nSPS) is 16.9. The lowest BCUT2D eigenvalue weighted by Crippen LogP contribution is -2.43. The Bertz CT molecular complexity index is 498. The topological polar surface area (TPSA) is 28.4 Å². The van der Waals surface area contributed by atoms with Gasteiger partial charge in [-0.05, 0) is 24.6 Å². The molecule has 3 rings (SSSR count). The molecule has 84 valence electrons. The molecular formula is C13H16N2O. The van der Waals surface area contributed by atoms with Crippen LogP contribution in [0.2, 0.25) is 0 Å². The van der Waals surface area contributed by atoms with E-state index in [4.69, 9.17) is 4.42 Å². The largest absolute Gasteiger partial charge is 0.462 e.